The molecular formula is C13H11NO4. The van der Waals surface area contributed by atoms with Crippen LogP contribution in [0.25, 0.3) is 10.8 Å². The number of carbonyl (C=O) groups excluding carboxylic acids is 1. The number of phenolic OH excluding ortho intramolecular Hbond substituents is 1. The van der Waals surface area contributed by atoms with Crippen molar-refractivity contribution in [3.05, 3.63) is 36.4 Å². The Hall–Kier alpha value is -2.56. The van der Waals surface area contributed by atoms with E-state index in [9.17, 15) is 14.7 Å². The highest BCUT2D eigenvalue weighted by Gasteiger charge is 2.10. The van der Waals surface area contributed by atoms with E-state index in [-0.39, 0.29) is 11.4 Å². The van der Waals surface area contributed by atoms with Crippen LogP contribution >= 0.6 is 0 Å². The molecule has 0 aliphatic rings. The van der Waals surface area contributed by atoms with E-state index in [1.54, 1.807) is 6.07 Å². The number of aliphatic carboxylic acids is 1. The number of carbonyl (C=O) groups is 2. The molecule has 0 fully saturated rings. The summed E-state index contributed by atoms with van der Waals surface area (Å²) in [4.78, 5) is 21.7. The Bertz CT molecular complexity index is 621. The highest BCUT2D eigenvalue weighted by Crippen LogP contribution is 2.29. The Morgan fingerprint density at radius 1 is 1.11 bits per heavy atom. The fourth-order valence-electron chi connectivity index (χ4n) is 1.66. The summed E-state index contributed by atoms with van der Waals surface area (Å²) >= 11 is 0. The average molecular weight is 245 g/mol. The van der Waals surface area contributed by atoms with Crippen LogP contribution in [0, 0.1) is 0 Å². The monoisotopic (exact) mass is 245 g/mol. The fraction of sp³-hybridized carbons (Fsp3) is 0.0769. The lowest BCUT2D eigenvalue weighted by atomic mass is 10.1. The first-order valence-corrected chi connectivity index (χ1v) is 5.29. The summed E-state index contributed by atoms with van der Waals surface area (Å²) < 4.78 is 0. The lowest BCUT2D eigenvalue weighted by Crippen LogP contribution is -2.15. The largest absolute Gasteiger partial charge is 0.506 e. The van der Waals surface area contributed by atoms with Crippen molar-refractivity contribution in [3.8, 4) is 5.75 Å². The molecule has 2 aromatic rings. The van der Waals surface area contributed by atoms with Crippen molar-refractivity contribution in [1.82, 2.24) is 0 Å². The van der Waals surface area contributed by atoms with Crippen LogP contribution in [0.4, 0.5) is 5.69 Å². The predicted octanol–water partition coefficient (Wildman–Crippen LogP) is 1.96. The third kappa shape index (κ3) is 2.57. The molecule has 0 bridgehead atoms. The number of rotatable bonds is 3. The Kier molecular flexibility index (Phi) is 3.14. The van der Waals surface area contributed by atoms with Gasteiger partial charge in [0.15, 0.2) is 0 Å². The maximum Gasteiger partial charge on any atom is 0.312 e. The van der Waals surface area contributed by atoms with E-state index < -0.39 is 18.3 Å². The summed E-state index contributed by atoms with van der Waals surface area (Å²) in [5, 5.41) is 22.3. The van der Waals surface area contributed by atoms with Gasteiger partial charge in [0.25, 0.3) is 0 Å². The smallest absolute Gasteiger partial charge is 0.312 e. The van der Waals surface area contributed by atoms with Gasteiger partial charge in [-0.15, -0.1) is 0 Å². The number of hydrogen-bond acceptors (Lipinski definition) is 3. The van der Waals surface area contributed by atoms with Crippen molar-refractivity contribution < 1.29 is 19.8 Å². The molecule has 0 saturated carbocycles. The number of hydrogen-bond donors (Lipinski definition) is 3. The quantitative estimate of drug-likeness (QED) is 0.570. The summed E-state index contributed by atoms with van der Waals surface area (Å²) in [5.41, 5.74) is 0.208. The molecule has 2 aromatic carbocycles. The van der Waals surface area contributed by atoms with Crippen LogP contribution in [0.15, 0.2) is 36.4 Å². The van der Waals surface area contributed by atoms with Crippen LogP contribution in [-0.2, 0) is 9.59 Å². The van der Waals surface area contributed by atoms with Gasteiger partial charge in [-0.1, -0.05) is 24.3 Å². The van der Waals surface area contributed by atoms with Gasteiger partial charge in [0.05, 0.1) is 5.69 Å². The van der Waals surface area contributed by atoms with Crippen LogP contribution in [-0.4, -0.2) is 22.1 Å². The molecule has 0 atom stereocenters. The first-order chi connectivity index (χ1) is 8.56. The van der Waals surface area contributed by atoms with Gasteiger partial charge in [0, 0.05) is 0 Å². The second-order valence-corrected chi connectivity index (χ2v) is 3.84. The average Bonchev–Trinajstić information content (AvgIpc) is 2.29. The van der Waals surface area contributed by atoms with E-state index in [1.165, 1.54) is 6.07 Å². The van der Waals surface area contributed by atoms with Gasteiger partial charge in [-0.05, 0) is 22.9 Å². The van der Waals surface area contributed by atoms with Crippen molar-refractivity contribution in [2.45, 2.75) is 6.42 Å². The Morgan fingerprint density at radius 3 is 2.33 bits per heavy atom. The van der Waals surface area contributed by atoms with Crippen LogP contribution in [0.2, 0.25) is 0 Å². The SMILES string of the molecule is O=C(O)CC(=O)Nc1cc2ccccc2cc1O. The molecule has 0 radical (unpaired) electrons. The van der Waals surface area contributed by atoms with Crippen molar-refractivity contribution in [3.63, 3.8) is 0 Å². The zero-order chi connectivity index (χ0) is 13.1. The molecule has 0 unspecified atom stereocenters. The number of amides is 1. The standard InChI is InChI=1S/C13H11NO4/c15-11-6-9-4-2-1-3-8(9)5-10(11)14-12(16)7-13(17)18/h1-6,15H,7H2,(H,14,16)(H,17,18). The molecule has 3 N–H and O–H groups in total. The lowest BCUT2D eigenvalue weighted by molar-refractivity contribution is -0.139. The van der Waals surface area contributed by atoms with Gasteiger partial charge < -0.3 is 15.5 Å². The number of carboxylic acid groups (broad SMARTS) is 1. The summed E-state index contributed by atoms with van der Waals surface area (Å²) in [7, 11) is 0. The van der Waals surface area contributed by atoms with Crippen molar-refractivity contribution in [2.24, 2.45) is 0 Å². The van der Waals surface area contributed by atoms with Crippen LogP contribution in [0.3, 0.4) is 0 Å². The van der Waals surface area contributed by atoms with E-state index in [1.807, 2.05) is 24.3 Å². The van der Waals surface area contributed by atoms with E-state index in [0.29, 0.717) is 0 Å². The first kappa shape index (κ1) is 11.9. The molecule has 0 heterocycles. The van der Waals surface area contributed by atoms with Crippen molar-refractivity contribution in [2.75, 3.05) is 5.32 Å². The van der Waals surface area contributed by atoms with E-state index in [0.717, 1.165) is 10.8 Å². The van der Waals surface area contributed by atoms with E-state index in [2.05, 4.69) is 5.32 Å². The predicted molar refractivity (Wildman–Crippen MR) is 66.5 cm³/mol. The number of aromatic hydroxyl groups is 1. The number of carboxylic acids is 1. The topological polar surface area (TPSA) is 86.6 Å². The molecule has 5 heteroatoms. The highest BCUT2D eigenvalue weighted by atomic mass is 16.4. The van der Waals surface area contributed by atoms with Gasteiger partial charge >= 0.3 is 5.97 Å². The minimum atomic E-state index is -1.22. The Balaban J connectivity index is 2.30. The fourth-order valence-corrected chi connectivity index (χ4v) is 1.66. The number of fused-ring (bicyclic) bond motifs is 1. The van der Waals surface area contributed by atoms with Crippen molar-refractivity contribution in [1.29, 1.82) is 0 Å². The highest BCUT2D eigenvalue weighted by molar-refractivity contribution is 6.03. The molecule has 1 amide bonds. The maximum atomic E-state index is 11.3. The number of nitrogens with one attached hydrogen (secondary N) is 1. The zero-order valence-corrected chi connectivity index (χ0v) is 9.38. The van der Waals surface area contributed by atoms with Crippen LogP contribution in [0.1, 0.15) is 6.42 Å². The molecule has 0 aliphatic heterocycles. The first-order valence-electron chi connectivity index (χ1n) is 5.29. The lowest BCUT2D eigenvalue weighted by Gasteiger charge is -2.08. The summed E-state index contributed by atoms with van der Waals surface area (Å²) in [6.07, 6.45) is -0.633. The molecule has 0 aromatic heterocycles. The maximum absolute atomic E-state index is 11.3. The molecule has 0 aliphatic carbocycles. The number of benzene rings is 2. The third-order valence-electron chi connectivity index (χ3n) is 2.45. The second kappa shape index (κ2) is 4.75. The van der Waals surface area contributed by atoms with Crippen molar-refractivity contribution >= 4 is 28.3 Å². The summed E-state index contributed by atoms with van der Waals surface area (Å²) in [6.45, 7) is 0. The minimum Gasteiger partial charge on any atom is -0.506 e. The zero-order valence-electron chi connectivity index (χ0n) is 9.38. The second-order valence-electron chi connectivity index (χ2n) is 3.84. The molecule has 18 heavy (non-hydrogen) atoms. The molecule has 5 nitrogen and oxygen atoms in total. The van der Waals surface area contributed by atoms with Crippen LogP contribution in [0.5, 0.6) is 5.75 Å². The van der Waals surface area contributed by atoms with E-state index in [4.69, 9.17) is 5.11 Å². The Labute approximate surface area is 103 Å². The van der Waals surface area contributed by atoms with Gasteiger partial charge in [-0.2, -0.15) is 0 Å². The van der Waals surface area contributed by atoms with Gasteiger partial charge in [0.2, 0.25) is 5.91 Å². The summed E-state index contributed by atoms with van der Waals surface area (Å²) in [6, 6.07) is 10.5. The molecular weight excluding hydrogens is 234 g/mol. The van der Waals surface area contributed by atoms with Gasteiger partial charge in [0.1, 0.15) is 12.2 Å². The van der Waals surface area contributed by atoms with E-state index >= 15 is 0 Å². The Morgan fingerprint density at radius 2 is 1.72 bits per heavy atom. The molecule has 0 saturated heterocycles. The van der Waals surface area contributed by atoms with Crippen LogP contribution < -0.4 is 5.32 Å². The normalized spacial score (nSPS) is 10.2. The molecule has 2 rings (SSSR count). The minimum absolute atomic E-state index is 0.0903. The third-order valence-corrected chi connectivity index (χ3v) is 2.45. The number of anilines is 1. The molecule has 92 valence electrons. The summed E-state index contributed by atoms with van der Waals surface area (Å²) in [5.74, 6) is -1.98. The number of phenols is 1. The van der Waals surface area contributed by atoms with Gasteiger partial charge in [-0.3, -0.25) is 9.59 Å². The van der Waals surface area contributed by atoms with Gasteiger partial charge in [-0.25, -0.2) is 0 Å². The molecule has 0 spiro atoms.